The van der Waals surface area contributed by atoms with E-state index in [1.807, 2.05) is 71.5 Å². The van der Waals surface area contributed by atoms with E-state index in [2.05, 4.69) is 6.92 Å². The fourth-order valence-electron chi connectivity index (χ4n) is 2.97. The van der Waals surface area contributed by atoms with E-state index in [1.165, 1.54) is 0 Å². The lowest BCUT2D eigenvalue weighted by Crippen LogP contribution is -2.07. The second kappa shape index (κ2) is 6.55. The van der Waals surface area contributed by atoms with Gasteiger partial charge in [0.15, 0.2) is 0 Å². The molecule has 0 radical (unpaired) electrons. The molecule has 126 valence electrons. The van der Waals surface area contributed by atoms with E-state index in [0.29, 0.717) is 5.92 Å². The van der Waals surface area contributed by atoms with Gasteiger partial charge in [-0.15, -0.1) is 0 Å². The van der Waals surface area contributed by atoms with Gasteiger partial charge in [0.2, 0.25) is 0 Å². The van der Waals surface area contributed by atoms with Crippen LogP contribution in [0.5, 0.6) is 0 Å². The summed E-state index contributed by atoms with van der Waals surface area (Å²) in [4.78, 5) is 12.1. The van der Waals surface area contributed by atoms with Crippen LogP contribution in [0.3, 0.4) is 0 Å². The minimum atomic E-state index is -0.0982. The Labute approximate surface area is 147 Å². The summed E-state index contributed by atoms with van der Waals surface area (Å²) in [7, 11) is 0. The zero-order valence-electron chi connectivity index (χ0n) is 14.1. The Morgan fingerprint density at radius 1 is 1.12 bits per heavy atom. The van der Waals surface area contributed by atoms with E-state index >= 15 is 0 Å². The van der Waals surface area contributed by atoms with Crippen LogP contribution >= 0.6 is 0 Å². The number of esters is 1. The number of hydrogen-bond acceptors (Lipinski definition) is 3. The largest absolute Gasteiger partial charge is 0.460 e. The van der Waals surface area contributed by atoms with Crippen LogP contribution in [0.25, 0.3) is 16.9 Å². The number of benzene rings is 2. The molecule has 25 heavy (non-hydrogen) atoms. The number of hydrogen-bond donors (Lipinski definition) is 0. The molecule has 0 bridgehead atoms. The second-order valence-corrected chi connectivity index (χ2v) is 6.58. The third-order valence-corrected chi connectivity index (χ3v) is 4.64. The zero-order valence-corrected chi connectivity index (χ0v) is 14.1. The number of rotatable bonds is 5. The Morgan fingerprint density at radius 2 is 1.76 bits per heavy atom. The highest BCUT2D eigenvalue weighted by Crippen LogP contribution is 2.39. The molecule has 1 saturated carbocycles. The van der Waals surface area contributed by atoms with E-state index in [9.17, 15) is 4.79 Å². The van der Waals surface area contributed by atoms with Crippen molar-refractivity contribution in [2.24, 2.45) is 11.8 Å². The van der Waals surface area contributed by atoms with Gasteiger partial charge < -0.3 is 4.74 Å². The number of aromatic nitrogens is 2. The van der Waals surface area contributed by atoms with E-state index in [-0.39, 0.29) is 18.5 Å². The highest BCUT2D eigenvalue weighted by molar-refractivity contribution is 5.75. The molecular formula is C21H20N2O2. The monoisotopic (exact) mass is 332 g/mol. The summed E-state index contributed by atoms with van der Waals surface area (Å²) in [6.07, 6.45) is 2.88. The highest BCUT2D eigenvalue weighted by atomic mass is 16.5. The van der Waals surface area contributed by atoms with Crippen LogP contribution < -0.4 is 0 Å². The molecule has 4 nitrogen and oxygen atoms in total. The zero-order chi connectivity index (χ0) is 17.2. The van der Waals surface area contributed by atoms with Crippen LogP contribution in [-0.2, 0) is 16.1 Å². The molecule has 1 aromatic heterocycles. The molecule has 0 aliphatic heterocycles. The van der Waals surface area contributed by atoms with Crippen LogP contribution in [0.4, 0.5) is 0 Å². The van der Waals surface area contributed by atoms with Crippen LogP contribution in [0, 0.1) is 11.8 Å². The number of carbonyl (C=O) groups excluding carboxylic acids is 1. The molecule has 2 atom stereocenters. The van der Waals surface area contributed by atoms with Gasteiger partial charge in [-0.2, -0.15) is 5.10 Å². The van der Waals surface area contributed by atoms with Crippen LogP contribution in [0.2, 0.25) is 0 Å². The first-order chi connectivity index (χ1) is 12.2. The maximum atomic E-state index is 12.1. The average Bonchev–Trinajstić information content (AvgIpc) is 3.24. The van der Waals surface area contributed by atoms with E-state index in [4.69, 9.17) is 9.84 Å². The predicted molar refractivity (Wildman–Crippen MR) is 96.1 cm³/mol. The number of ether oxygens (including phenoxy) is 1. The Morgan fingerprint density at radius 3 is 2.40 bits per heavy atom. The van der Waals surface area contributed by atoms with Crippen molar-refractivity contribution in [3.63, 3.8) is 0 Å². The summed E-state index contributed by atoms with van der Waals surface area (Å²) in [6, 6.07) is 19.9. The third-order valence-electron chi connectivity index (χ3n) is 4.64. The predicted octanol–water partition coefficient (Wildman–Crippen LogP) is 4.24. The summed E-state index contributed by atoms with van der Waals surface area (Å²) >= 11 is 0. The highest BCUT2D eigenvalue weighted by Gasteiger charge is 2.40. The van der Waals surface area contributed by atoms with Gasteiger partial charge in [0.1, 0.15) is 6.61 Å². The molecule has 4 heteroatoms. The van der Waals surface area contributed by atoms with Gasteiger partial charge >= 0.3 is 5.97 Å². The van der Waals surface area contributed by atoms with Crippen LogP contribution in [-0.4, -0.2) is 15.7 Å². The maximum absolute atomic E-state index is 12.1. The summed E-state index contributed by atoms with van der Waals surface area (Å²) in [5.74, 6) is 0.427. The van der Waals surface area contributed by atoms with Crippen molar-refractivity contribution >= 4 is 5.97 Å². The smallest absolute Gasteiger partial charge is 0.309 e. The lowest BCUT2D eigenvalue weighted by molar-refractivity contribution is -0.146. The van der Waals surface area contributed by atoms with Crippen molar-refractivity contribution < 1.29 is 9.53 Å². The van der Waals surface area contributed by atoms with E-state index in [1.54, 1.807) is 0 Å². The van der Waals surface area contributed by atoms with Crippen molar-refractivity contribution in [3.05, 3.63) is 72.4 Å². The first-order valence-corrected chi connectivity index (χ1v) is 8.58. The Bertz CT molecular complexity index is 871. The SMILES string of the molecule is C[C@@H]1C[C@H]1C(=O)OCc1cn(-c2ccccc2)nc1-c1ccccc1. The summed E-state index contributed by atoms with van der Waals surface area (Å²) in [6.45, 7) is 2.33. The lowest BCUT2D eigenvalue weighted by Gasteiger charge is -2.04. The number of para-hydroxylation sites is 1. The molecule has 0 spiro atoms. The van der Waals surface area contributed by atoms with Crippen molar-refractivity contribution in [2.75, 3.05) is 0 Å². The lowest BCUT2D eigenvalue weighted by atomic mass is 10.1. The van der Waals surface area contributed by atoms with Gasteiger partial charge in [-0.25, -0.2) is 4.68 Å². The molecule has 1 fully saturated rings. The standard InChI is InChI=1S/C21H20N2O2/c1-15-12-19(15)21(24)25-14-17-13-23(18-10-6-3-7-11-18)22-20(17)16-8-4-2-5-9-16/h2-11,13,15,19H,12,14H2,1H3/t15-,19-/m1/s1. The number of carbonyl (C=O) groups is 1. The van der Waals surface area contributed by atoms with Gasteiger partial charge in [0.05, 0.1) is 17.3 Å². The van der Waals surface area contributed by atoms with Crippen LogP contribution in [0.15, 0.2) is 66.9 Å². The molecule has 0 unspecified atom stereocenters. The maximum Gasteiger partial charge on any atom is 0.309 e. The first-order valence-electron chi connectivity index (χ1n) is 8.58. The van der Waals surface area contributed by atoms with Gasteiger partial charge in [0.25, 0.3) is 0 Å². The van der Waals surface area contributed by atoms with Crippen molar-refractivity contribution in [1.82, 2.24) is 9.78 Å². The molecule has 0 saturated heterocycles. The molecule has 0 N–H and O–H groups in total. The minimum absolute atomic E-state index is 0.0735. The normalized spacial score (nSPS) is 18.8. The minimum Gasteiger partial charge on any atom is -0.460 e. The van der Waals surface area contributed by atoms with Crippen molar-refractivity contribution in [1.29, 1.82) is 0 Å². The van der Waals surface area contributed by atoms with Crippen molar-refractivity contribution in [3.8, 4) is 16.9 Å². The van der Waals surface area contributed by atoms with Crippen molar-refractivity contribution in [2.45, 2.75) is 20.0 Å². The van der Waals surface area contributed by atoms with Gasteiger partial charge in [0, 0.05) is 17.3 Å². The Balaban J connectivity index is 1.63. The van der Waals surface area contributed by atoms with Gasteiger partial charge in [-0.1, -0.05) is 55.5 Å². The Kier molecular flexibility index (Phi) is 4.10. The molecule has 3 aromatic rings. The molecule has 4 rings (SSSR count). The van der Waals surface area contributed by atoms with E-state index < -0.39 is 0 Å². The van der Waals surface area contributed by atoms with Gasteiger partial charge in [-0.05, 0) is 24.5 Å². The summed E-state index contributed by atoms with van der Waals surface area (Å²) in [5.41, 5.74) is 3.76. The number of nitrogens with zero attached hydrogens (tertiary/aromatic N) is 2. The Hall–Kier alpha value is -2.88. The van der Waals surface area contributed by atoms with Gasteiger partial charge in [-0.3, -0.25) is 4.79 Å². The molecule has 1 aliphatic carbocycles. The quantitative estimate of drug-likeness (QED) is 0.657. The molecule has 1 aliphatic rings. The molecule has 0 amide bonds. The molecule has 1 heterocycles. The summed E-state index contributed by atoms with van der Waals surface area (Å²) in [5, 5.41) is 4.73. The fourth-order valence-corrected chi connectivity index (χ4v) is 2.97. The van der Waals surface area contributed by atoms with E-state index in [0.717, 1.165) is 28.9 Å². The third kappa shape index (κ3) is 3.33. The summed E-state index contributed by atoms with van der Waals surface area (Å²) < 4.78 is 7.38. The second-order valence-electron chi connectivity index (χ2n) is 6.58. The van der Waals surface area contributed by atoms with Crippen LogP contribution in [0.1, 0.15) is 18.9 Å². The fraction of sp³-hybridized carbons (Fsp3) is 0.238. The molecule has 2 aromatic carbocycles. The molecular weight excluding hydrogens is 312 g/mol. The topological polar surface area (TPSA) is 44.1 Å². The first kappa shape index (κ1) is 15.6. The average molecular weight is 332 g/mol.